The molecule has 2 nitrogen and oxygen atoms in total. The third-order valence-electron chi connectivity index (χ3n) is 4.36. The molecule has 0 heterocycles. The van der Waals surface area contributed by atoms with E-state index in [0.717, 1.165) is 36.8 Å². The van der Waals surface area contributed by atoms with Crippen molar-refractivity contribution in [3.8, 4) is 0 Å². The minimum atomic E-state index is -0.508. The molecule has 2 rings (SSSR count). The molecule has 106 valence electrons. The first-order chi connectivity index (χ1) is 9.19. The third kappa shape index (κ3) is 3.18. The van der Waals surface area contributed by atoms with Crippen LogP contribution in [0.15, 0.2) is 24.3 Å². The first-order valence-corrected chi connectivity index (χ1v) is 7.57. The molecular weight excluding hydrogens is 236 g/mol. The Morgan fingerprint density at radius 2 is 1.79 bits per heavy atom. The van der Waals surface area contributed by atoms with Gasteiger partial charge in [0.2, 0.25) is 0 Å². The first-order valence-electron chi connectivity index (χ1n) is 7.57. The molecule has 0 aromatic heterocycles. The van der Waals surface area contributed by atoms with Crippen molar-refractivity contribution in [3.63, 3.8) is 0 Å². The maximum atomic E-state index is 10.9. The molecule has 1 N–H and O–H groups in total. The Hall–Kier alpha value is -0.860. The number of aliphatic hydroxyl groups is 1. The van der Waals surface area contributed by atoms with Crippen molar-refractivity contribution in [1.82, 2.24) is 0 Å². The maximum absolute atomic E-state index is 10.9. The summed E-state index contributed by atoms with van der Waals surface area (Å²) in [7, 11) is 0. The highest BCUT2D eigenvalue weighted by atomic mass is 16.5. The first kappa shape index (κ1) is 14.5. The summed E-state index contributed by atoms with van der Waals surface area (Å²) in [4.78, 5) is 0. The summed E-state index contributed by atoms with van der Waals surface area (Å²) in [5.41, 5.74) is 1.80. The van der Waals surface area contributed by atoms with E-state index < -0.39 is 6.10 Å². The van der Waals surface area contributed by atoms with E-state index in [0.29, 0.717) is 6.61 Å². The fraction of sp³-hybridized carbons (Fsp3) is 0.647. The number of hydrogen-bond donors (Lipinski definition) is 1. The van der Waals surface area contributed by atoms with E-state index in [1.807, 2.05) is 25.1 Å². The van der Waals surface area contributed by atoms with Crippen molar-refractivity contribution in [2.75, 3.05) is 6.61 Å². The van der Waals surface area contributed by atoms with Gasteiger partial charge in [-0.2, -0.15) is 0 Å². The molecule has 1 aromatic rings. The van der Waals surface area contributed by atoms with Gasteiger partial charge in [-0.05, 0) is 37.8 Å². The second kappa shape index (κ2) is 6.53. The molecule has 0 amide bonds. The predicted octanol–water partition coefficient (Wildman–Crippen LogP) is 4.16. The zero-order valence-corrected chi connectivity index (χ0v) is 12.2. The molecule has 1 fully saturated rings. The van der Waals surface area contributed by atoms with Crippen LogP contribution in [0, 0.1) is 6.92 Å². The largest absolute Gasteiger partial charge is 0.385 e. The van der Waals surface area contributed by atoms with Gasteiger partial charge in [0, 0.05) is 6.61 Å². The SMILES string of the molecule is CCOC1(C(O)c2ccccc2C)CCCCCC1. The van der Waals surface area contributed by atoms with Gasteiger partial charge in [0.25, 0.3) is 0 Å². The predicted molar refractivity (Wildman–Crippen MR) is 78.2 cm³/mol. The summed E-state index contributed by atoms with van der Waals surface area (Å²) in [6.45, 7) is 4.76. The van der Waals surface area contributed by atoms with Gasteiger partial charge in [0.15, 0.2) is 0 Å². The van der Waals surface area contributed by atoms with Gasteiger partial charge in [-0.1, -0.05) is 49.9 Å². The lowest BCUT2D eigenvalue weighted by Crippen LogP contribution is -2.39. The Morgan fingerprint density at radius 3 is 2.37 bits per heavy atom. The molecule has 1 aromatic carbocycles. The Morgan fingerprint density at radius 1 is 1.16 bits per heavy atom. The van der Waals surface area contributed by atoms with E-state index in [-0.39, 0.29) is 5.60 Å². The molecule has 0 bridgehead atoms. The lowest BCUT2D eigenvalue weighted by molar-refractivity contribution is -0.131. The maximum Gasteiger partial charge on any atom is 0.108 e. The highest BCUT2D eigenvalue weighted by molar-refractivity contribution is 5.29. The minimum absolute atomic E-state index is 0.378. The van der Waals surface area contributed by atoms with Crippen LogP contribution in [0.3, 0.4) is 0 Å². The normalized spacial score (nSPS) is 20.8. The summed E-state index contributed by atoms with van der Waals surface area (Å²) in [6, 6.07) is 8.12. The smallest absolute Gasteiger partial charge is 0.108 e. The molecular formula is C17H26O2. The van der Waals surface area contributed by atoms with Crippen LogP contribution in [-0.2, 0) is 4.74 Å². The van der Waals surface area contributed by atoms with Gasteiger partial charge in [-0.3, -0.25) is 0 Å². The Kier molecular flexibility index (Phi) is 5.00. The topological polar surface area (TPSA) is 29.5 Å². The van der Waals surface area contributed by atoms with Crippen LogP contribution in [0.2, 0.25) is 0 Å². The van der Waals surface area contributed by atoms with Gasteiger partial charge in [0.1, 0.15) is 6.10 Å². The highest BCUT2D eigenvalue weighted by Gasteiger charge is 2.40. The molecule has 0 spiro atoms. The van der Waals surface area contributed by atoms with Gasteiger partial charge < -0.3 is 9.84 Å². The van der Waals surface area contributed by atoms with Crippen LogP contribution in [0.4, 0.5) is 0 Å². The fourth-order valence-corrected chi connectivity index (χ4v) is 3.29. The number of benzene rings is 1. The zero-order valence-electron chi connectivity index (χ0n) is 12.2. The Bertz CT molecular complexity index is 392. The van der Waals surface area contributed by atoms with E-state index in [1.54, 1.807) is 0 Å². The molecule has 0 saturated heterocycles. The lowest BCUT2D eigenvalue weighted by atomic mass is 9.83. The van der Waals surface area contributed by atoms with E-state index in [2.05, 4.69) is 13.0 Å². The minimum Gasteiger partial charge on any atom is -0.385 e. The van der Waals surface area contributed by atoms with Crippen molar-refractivity contribution >= 4 is 0 Å². The molecule has 1 aliphatic carbocycles. The highest BCUT2D eigenvalue weighted by Crippen LogP contribution is 2.41. The molecule has 1 aliphatic rings. The van der Waals surface area contributed by atoms with Crippen molar-refractivity contribution < 1.29 is 9.84 Å². The van der Waals surface area contributed by atoms with Crippen molar-refractivity contribution in [2.45, 2.75) is 64.1 Å². The van der Waals surface area contributed by atoms with Crippen molar-refractivity contribution in [2.24, 2.45) is 0 Å². The molecule has 0 radical (unpaired) electrons. The molecule has 1 saturated carbocycles. The summed E-state index contributed by atoms with van der Waals surface area (Å²) in [5, 5.41) is 10.9. The number of aliphatic hydroxyl groups excluding tert-OH is 1. The summed E-state index contributed by atoms with van der Waals surface area (Å²) >= 11 is 0. The van der Waals surface area contributed by atoms with Crippen LogP contribution in [0.25, 0.3) is 0 Å². The molecule has 2 heteroatoms. The van der Waals surface area contributed by atoms with Crippen LogP contribution in [0.5, 0.6) is 0 Å². The summed E-state index contributed by atoms with van der Waals surface area (Å²) < 4.78 is 6.07. The van der Waals surface area contributed by atoms with E-state index in [4.69, 9.17) is 4.74 Å². The van der Waals surface area contributed by atoms with E-state index in [9.17, 15) is 5.11 Å². The van der Waals surface area contributed by atoms with Crippen LogP contribution in [-0.4, -0.2) is 17.3 Å². The van der Waals surface area contributed by atoms with E-state index >= 15 is 0 Å². The average molecular weight is 262 g/mol. The van der Waals surface area contributed by atoms with E-state index in [1.165, 1.54) is 12.8 Å². The van der Waals surface area contributed by atoms with Crippen LogP contribution in [0.1, 0.15) is 62.7 Å². The van der Waals surface area contributed by atoms with Crippen molar-refractivity contribution in [3.05, 3.63) is 35.4 Å². The Labute approximate surface area is 116 Å². The van der Waals surface area contributed by atoms with Gasteiger partial charge >= 0.3 is 0 Å². The molecule has 1 unspecified atom stereocenters. The number of aryl methyl sites for hydroxylation is 1. The monoisotopic (exact) mass is 262 g/mol. The summed E-state index contributed by atoms with van der Waals surface area (Å²) in [5.74, 6) is 0. The van der Waals surface area contributed by atoms with Gasteiger partial charge in [-0.25, -0.2) is 0 Å². The number of ether oxygens (including phenoxy) is 1. The van der Waals surface area contributed by atoms with Crippen molar-refractivity contribution in [1.29, 1.82) is 0 Å². The quantitative estimate of drug-likeness (QED) is 0.826. The van der Waals surface area contributed by atoms with Crippen LogP contribution < -0.4 is 0 Å². The van der Waals surface area contributed by atoms with Gasteiger partial charge in [-0.15, -0.1) is 0 Å². The zero-order chi connectivity index (χ0) is 13.7. The molecule has 1 atom stereocenters. The fourth-order valence-electron chi connectivity index (χ4n) is 3.29. The second-order valence-electron chi connectivity index (χ2n) is 5.67. The second-order valence-corrected chi connectivity index (χ2v) is 5.67. The Balaban J connectivity index is 2.29. The van der Waals surface area contributed by atoms with Crippen LogP contribution >= 0.6 is 0 Å². The summed E-state index contributed by atoms with van der Waals surface area (Å²) in [6.07, 6.45) is 6.26. The average Bonchev–Trinajstić information content (AvgIpc) is 2.66. The number of hydrogen-bond acceptors (Lipinski definition) is 2. The molecule has 0 aliphatic heterocycles. The van der Waals surface area contributed by atoms with Gasteiger partial charge in [0.05, 0.1) is 5.60 Å². The lowest BCUT2D eigenvalue weighted by Gasteiger charge is -2.38. The number of rotatable bonds is 4. The third-order valence-corrected chi connectivity index (χ3v) is 4.36. The standard InChI is InChI=1S/C17H26O2/c1-3-19-17(12-8-4-5-9-13-17)16(18)15-11-7-6-10-14(15)2/h6-7,10-11,16,18H,3-5,8-9,12-13H2,1-2H3. The molecule has 19 heavy (non-hydrogen) atoms.